The number of nitriles is 1. The summed E-state index contributed by atoms with van der Waals surface area (Å²) in [6.07, 6.45) is 1.48. The topological polar surface area (TPSA) is 129 Å². The minimum absolute atomic E-state index is 0.101. The Morgan fingerprint density at radius 3 is 2.52 bits per heavy atom. The molecule has 2 aromatic rings. The van der Waals surface area contributed by atoms with Gasteiger partial charge in [-0.2, -0.15) is 5.26 Å². The van der Waals surface area contributed by atoms with E-state index in [-0.39, 0.29) is 17.0 Å². The number of carbonyl (C=O) groups excluding carboxylic acids is 2. The quantitative estimate of drug-likeness (QED) is 0.611. The molecule has 0 radical (unpaired) electrons. The van der Waals surface area contributed by atoms with Crippen LogP contribution >= 0.6 is 11.3 Å². The molecule has 0 unspecified atom stereocenters. The summed E-state index contributed by atoms with van der Waals surface area (Å²) in [5, 5.41) is 17.7. The maximum Gasteiger partial charge on any atom is 0.270 e. The number of rotatable bonds is 6. The standard InChI is InChI=1S/C21H26N6O3S/c1-6-23-17(28)13(11-22)19-27(7-2)18(29)14(31-19)12-24-15-9-8-10-16(25-15)26-20(30)21(3,4)5/h8-10,12H,6-7H2,1-5H3,(H,23,28)(H2,24,25,26,30)/b14-12+,19-13-. The number of amides is 2. The molecule has 3 N–H and O–H groups in total. The Balaban J connectivity index is 2.43. The van der Waals surface area contributed by atoms with Crippen LogP contribution in [0.2, 0.25) is 0 Å². The van der Waals surface area contributed by atoms with Crippen molar-refractivity contribution in [1.82, 2.24) is 14.9 Å². The fourth-order valence-electron chi connectivity index (χ4n) is 2.47. The lowest BCUT2D eigenvalue weighted by Gasteiger charge is -2.17. The number of nitrogens with zero attached hydrogens (tertiary/aromatic N) is 3. The van der Waals surface area contributed by atoms with Gasteiger partial charge >= 0.3 is 0 Å². The molecule has 0 spiro atoms. The molecule has 0 aromatic carbocycles. The maximum atomic E-state index is 12.7. The number of aromatic nitrogens is 2. The second-order valence-corrected chi connectivity index (χ2v) is 8.60. The summed E-state index contributed by atoms with van der Waals surface area (Å²) >= 11 is 1.05. The van der Waals surface area contributed by atoms with Gasteiger partial charge in [0, 0.05) is 24.7 Å². The van der Waals surface area contributed by atoms with Crippen LogP contribution in [-0.2, 0) is 16.1 Å². The van der Waals surface area contributed by atoms with E-state index in [4.69, 9.17) is 0 Å². The molecule has 164 valence electrons. The number of anilines is 2. The molecule has 0 bridgehead atoms. The molecular weight excluding hydrogens is 416 g/mol. The van der Waals surface area contributed by atoms with E-state index in [2.05, 4.69) is 20.9 Å². The van der Waals surface area contributed by atoms with Crippen molar-refractivity contribution in [3.63, 3.8) is 0 Å². The van der Waals surface area contributed by atoms with Gasteiger partial charge in [-0.05, 0) is 26.0 Å². The fourth-order valence-corrected chi connectivity index (χ4v) is 3.55. The van der Waals surface area contributed by atoms with Crippen molar-refractivity contribution < 1.29 is 9.59 Å². The van der Waals surface area contributed by atoms with Crippen LogP contribution in [-0.4, -0.2) is 27.9 Å². The average molecular weight is 443 g/mol. The van der Waals surface area contributed by atoms with Gasteiger partial charge in [-0.25, -0.2) is 4.98 Å². The lowest BCUT2D eigenvalue weighted by Crippen LogP contribution is -2.34. The highest BCUT2D eigenvalue weighted by molar-refractivity contribution is 7.07. The van der Waals surface area contributed by atoms with Crippen LogP contribution in [0, 0.1) is 16.7 Å². The molecule has 0 saturated heterocycles. The SMILES string of the molecule is CCNC(=O)/C(C#N)=c1\s/c(=C/Nc2cccc(NC(=O)C(C)(C)C)n2)c(=O)n1CC. The number of thiazole rings is 1. The van der Waals surface area contributed by atoms with Gasteiger partial charge in [0.05, 0.1) is 0 Å². The molecule has 2 amide bonds. The highest BCUT2D eigenvalue weighted by atomic mass is 32.1. The van der Waals surface area contributed by atoms with Gasteiger partial charge in [0.2, 0.25) is 5.91 Å². The average Bonchev–Trinajstić information content (AvgIpc) is 3.02. The summed E-state index contributed by atoms with van der Waals surface area (Å²) in [6.45, 7) is 9.62. The minimum Gasteiger partial charge on any atom is -0.352 e. The van der Waals surface area contributed by atoms with Gasteiger partial charge in [-0.3, -0.25) is 19.0 Å². The second-order valence-electron chi connectivity index (χ2n) is 7.57. The normalized spacial score (nSPS) is 12.7. The van der Waals surface area contributed by atoms with Crippen molar-refractivity contribution in [2.45, 2.75) is 41.2 Å². The van der Waals surface area contributed by atoms with E-state index in [1.54, 1.807) is 52.8 Å². The van der Waals surface area contributed by atoms with Crippen LogP contribution in [0.15, 0.2) is 23.0 Å². The molecular formula is C21H26N6O3S. The lowest BCUT2D eigenvalue weighted by molar-refractivity contribution is -0.123. The zero-order valence-corrected chi connectivity index (χ0v) is 19.0. The van der Waals surface area contributed by atoms with E-state index < -0.39 is 11.3 Å². The Labute approximate surface area is 184 Å². The molecule has 2 heterocycles. The number of hydrogen-bond acceptors (Lipinski definition) is 7. The van der Waals surface area contributed by atoms with Crippen LogP contribution in [0.1, 0.15) is 34.6 Å². The predicted molar refractivity (Wildman–Crippen MR) is 122 cm³/mol. The first-order valence-electron chi connectivity index (χ1n) is 9.79. The molecule has 0 fully saturated rings. The van der Waals surface area contributed by atoms with Gasteiger partial charge in [0.1, 0.15) is 26.9 Å². The summed E-state index contributed by atoms with van der Waals surface area (Å²) in [7, 11) is 0. The molecule has 0 aliphatic carbocycles. The number of hydrogen-bond donors (Lipinski definition) is 3. The molecule has 0 aliphatic rings. The summed E-state index contributed by atoms with van der Waals surface area (Å²) in [6, 6.07) is 6.98. The molecule has 10 heteroatoms. The van der Waals surface area contributed by atoms with Crippen molar-refractivity contribution in [3.8, 4) is 6.07 Å². The molecule has 0 aliphatic heterocycles. The highest BCUT2D eigenvalue weighted by Gasteiger charge is 2.21. The Hall–Kier alpha value is -3.45. The second kappa shape index (κ2) is 10.0. The van der Waals surface area contributed by atoms with Crippen molar-refractivity contribution >= 4 is 46.6 Å². The first-order valence-corrected chi connectivity index (χ1v) is 10.6. The molecule has 31 heavy (non-hydrogen) atoms. The van der Waals surface area contributed by atoms with E-state index in [9.17, 15) is 19.6 Å². The number of pyridine rings is 1. The Morgan fingerprint density at radius 1 is 1.26 bits per heavy atom. The van der Waals surface area contributed by atoms with Crippen LogP contribution < -0.4 is 30.7 Å². The van der Waals surface area contributed by atoms with Crippen molar-refractivity contribution in [2.75, 3.05) is 17.2 Å². The van der Waals surface area contributed by atoms with E-state index in [1.807, 2.05) is 6.07 Å². The van der Waals surface area contributed by atoms with Gasteiger partial charge in [-0.15, -0.1) is 11.3 Å². The van der Waals surface area contributed by atoms with Gasteiger partial charge in [0.25, 0.3) is 11.5 Å². The zero-order chi connectivity index (χ0) is 23.2. The highest BCUT2D eigenvalue weighted by Crippen LogP contribution is 2.17. The Kier molecular flexibility index (Phi) is 7.72. The molecule has 2 aromatic heterocycles. The van der Waals surface area contributed by atoms with Crippen molar-refractivity contribution in [1.29, 1.82) is 5.26 Å². The Morgan fingerprint density at radius 2 is 1.94 bits per heavy atom. The largest absolute Gasteiger partial charge is 0.352 e. The third kappa shape index (κ3) is 5.79. The summed E-state index contributed by atoms with van der Waals surface area (Å²) in [4.78, 5) is 41.4. The van der Waals surface area contributed by atoms with E-state index >= 15 is 0 Å². The van der Waals surface area contributed by atoms with E-state index in [0.29, 0.717) is 33.9 Å². The summed E-state index contributed by atoms with van der Waals surface area (Å²) in [5.74, 6) is 0.126. The van der Waals surface area contributed by atoms with Crippen LogP contribution in [0.3, 0.4) is 0 Å². The smallest absolute Gasteiger partial charge is 0.270 e. The predicted octanol–water partition coefficient (Wildman–Crippen LogP) is 0.970. The first kappa shape index (κ1) is 23.8. The molecule has 2 rings (SSSR count). The van der Waals surface area contributed by atoms with Crippen LogP contribution in [0.4, 0.5) is 11.6 Å². The molecule has 9 nitrogen and oxygen atoms in total. The lowest BCUT2D eigenvalue weighted by atomic mass is 9.96. The van der Waals surface area contributed by atoms with Crippen molar-refractivity contribution in [3.05, 3.63) is 37.7 Å². The number of nitrogens with one attached hydrogen (secondary N) is 3. The van der Waals surface area contributed by atoms with E-state index in [1.165, 1.54) is 10.8 Å². The fraction of sp³-hybridized carbons (Fsp3) is 0.381. The van der Waals surface area contributed by atoms with Crippen LogP contribution in [0.25, 0.3) is 11.8 Å². The number of carbonyl (C=O) groups is 2. The monoisotopic (exact) mass is 442 g/mol. The zero-order valence-electron chi connectivity index (χ0n) is 18.2. The van der Waals surface area contributed by atoms with Crippen molar-refractivity contribution in [2.24, 2.45) is 5.41 Å². The molecule has 0 atom stereocenters. The van der Waals surface area contributed by atoms with Gasteiger partial charge in [0.15, 0.2) is 5.57 Å². The van der Waals surface area contributed by atoms with E-state index in [0.717, 1.165) is 11.3 Å². The maximum absolute atomic E-state index is 12.7. The molecule has 0 saturated carbocycles. The third-order valence-electron chi connectivity index (χ3n) is 4.14. The first-order chi connectivity index (χ1) is 14.6. The minimum atomic E-state index is -0.561. The van der Waals surface area contributed by atoms with Crippen LogP contribution in [0.5, 0.6) is 0 Å². The third-order valence-corrected chi connectivity index (χ3v) is 5.27. The summed E-state index contributed by atoms with van der Waals surface area (Å²) < 4.78 is 2.01. The Bertz CT molecular complexity index is 1200. The summed E-state index contributed by atoms with van der Waals surface area (Å²) in [5.41, 5.74) is -0.978. The van der Waals surface area contributed by atoms with Gasteiger partial charge in [-0.1, -0.05) is 26.8 Å². The van der Waals surface area contributed by atoms with Gasteiger partial charge < -0.3 is 16.0 Å².